The lowest BCUT2D eigenvalue weighted by molar-refractivity contribution is -0.121. The van der Waals surface area contributed by atoms with Crippen LogP contribution in [-0.2, 0) is 16.1 Å². The summed E-state index contributed by atoms with van der Waals surface area (Å²) in [6.45, 7) is 10.5. The number of amides is 2. The molecule has 1 rings (SSSR count). The third kappa shape index (κ3) is 6.71. The smallest absolute Gasteiger partial charge is 0.408 e. The summed E-state index contributed by atoms with van der Waals surface area (Å²) in [6.07, 6.45) is 4.00. The molecule has 23 heavy (non-hydrogen) atoms. The van der Waals surface area contributed by atoms with Crippen molar-refractivity contribution in [1.29, 1.82) is 0 Å². The molecule has 1 aromatic rings. The molecule has 7 nitrogen and oxygen atoms in total. The van der Waals surface area contributed by atoms with Crippen molar-refractivity contribution in [3.63, 3.8) is 0 Å². The van der Waals surface area contributed by atoms with E-state index in [0.29, 0.717) is 25.9 Å². The van der Waals surface area contributed by atoms with Gasteiger partial charge >= 0.3 is 6.09 Å². The average Bonchev–Trinajstić information content (AvgIpc) is 2.89. The minimum Gasteiger partial charge on any atom is -0.444 e. The largest absolute Gasteiger partial charge is 0.444 e. The minimum absolute atomic E-state index is 0.000278. The van der Waals surface area contributed by atoms with E-state index in [9.17, 15) is 9.59 Å². The second kappa shape index (κ2) is 8.55. The maximum atomic E-state index is 12.0. The molecule has 0 spiro atoms. The molecule has 0 aliphatic carbocycles. The number of alkyl carbamates (subject to hydrolysis) is 1. The van der Waals surface area contributed by atoms with Crippen LogP contribution in [0.4, 0.5) is 4.79 Å². The van der Waals surface area contributed by atoms with Crippen LogP contribution in [0.1, 0.15) is 59.2 Å². The van der Waals surface area contributed by atoms with Crippen LogP contribution in [0, 0.1) is 0 Å². The van der Waals surface area contributed by atoms with E-state index in [4.69, 9.17) is 4.74 Å². The van der Waals surface area contributed by atoms with Gasteiger partial charge in [0.15, 0.2) is 0 Å². The maximum Gasteiger partial charge on any atom is 0.408 e. The van der Waals surface area contributed by atoms with Crippen LogP contribution in [0.5, 0.6) is 0 Å². The second-order valence-corrected chi connectivity index (χ2v) is 6.32. The number of carbonyl (C=O) groups is 2. The molecular weight excluding hydrogens is 296 g/mol. The van der Waals surface area contributed by atoms with Crippen LogP contribution >= 0.6 is 0 Å². The third-order valence-electron chi connectivity index (χ3n) is 3.15. The number of ether oxygens (including phenoxy) is 1. The molecule has 0 aliphatic heterocycles. The zero-order chi connectivity index (χ0) is 17.5. The van der Waals surface area contributed by atoms with Gasteiger partial charge in [-0.15, -0.1) is 0 Å². The summed E-state index contributed by atoms with van der Waals surface area (Å²) < 4.78 is 7.18. The first-order chi connectivity index (χ1) is 10.8. The van der Waals surface area contributed by atoms with Gasteiger partial charge in [0, 0.05) is 19.5 Å². The van der Waals surface area contributed by atoms with Crippen molar-refractivity contribution in [2.45, 2.75) is 65.6 Å². The van der Waals surface area contributed by atoms with Crippen molar-refractivity contribution in [2.24, 2.45) is 0 Å². The zero-order valence-corrected chi connectivity index (χ0v) is 14.7. The van der Waals surface area contributed by atoms with Crippen molar-refractivity contribution < 1.29 is 14.3 Å². The van der Waals surface area contributed by atoms with Gasteiger partial charge in [0.05, 0.1) is 24.3 Å². The monoisotopic (exact) mass is 324 g/mol. The second-order valence-electron chi connectivity index (χ2n) is 6.32. The molecule has 0 aliphatic rings. The Labute approximate surface area is 137 Å². The lowest BCUT2D eigenvalue weighted by Gasteiger charge is -2.23. The van der Waals surface area contributed by atoms with Crippen molar-refractivity contribution in [2.75, 3.05) is 6.54 Å². The van der Waals surface area contributed by atoms with E-state index in [0.717, 1.165) is 5.69 Å². The van der Waals surface area contributed by atoms with E-state index in [1.165, 1.54) is 0 Å². The number of rotatable bonds is 7. The Balaban J connectivity index is 2.70. The highest BCUT2D eigenvalue weighted by Crippen LogP contribution is 2.18. The first kappa shape index (κ1) is 19.0. The summed E-state index contributed by atoms with van der Waals surface area (Å²) in [5, 5.41) is 5.62. The molecule has 1 atom stereocenters. The summed E-state index contributed by atoms with van der Waals surface area (Å²) in [7, 11) is 0. The van der Waals surface area contributed by atoms with Gasteiger partial charge in [-0.25, -0.2) is 9.78 Å². The van der Waals surface area contributed by atoms with Gasteiger partial charge in [0.1, 0.15) is 5.60 Å². The summed E-state index contributed by atoms with van der Waals surface area (Å²) in [5.74, 6) is 0.000278. The molecular formula is C16H28N4O3. The number of hydrogen-bond acceptors (Lipinski definition) is 4. The van der Waals surface area contributed by atoms with Crippen molar-refractivity contribution in [3.05, 3.63) is 18.2 Å². The van der Waals surface area contributed by atoms with Gasteiger partial charge < -0.3 is 19.9 Å². The fourth-order valence-corrected chi connectivity index (χ4v) is 2.15. The van der Waals surface area contributed by atoms with Crippen LogP contribution in [-0.4, -0.2) is 33.7 Å². The maximum absolute atomic E-state index is 12.0. The number of hydrogen-bond donors (Lipinski definition) is 2. The van der Waals surface area contributed by atoms with E-state index in [1.807, 2.05) is 39.2 Å². The molecule has 0 saturated carbocycles. The molecule has 0 aromatic carbocycles. The number of aryl methyl sites for hydroxylation is 1. The third-order valence-corrected chi connectivity index (χ3v) is 3.15. The predicted molar refractivity (Wildman–Crippen MR) is 87.9 cm³/mol. The summed E-state index contributed by atoms with van der Waals surface area (Å²) in [4.78, 5) is 27.7. The number of aromatic nitrogens is 2. The van der Waals surface area contributed by atoms with Crippen molar-refractivity contribution >= 4 is 12.0 Å². The quantitative estimate of drug-likeness (QED) is 0.806. The highest BCUT2D eigenvalue weighted by Gasteiger charge is 2.21. The Bertz CT molecular complexity index is 520. The first-order valence-corrected chi connectivity index (χ1v) is 8.03. The van der Waals surface area contributed by atoms with Gasteiger partial charge in [0.25, 0.3) is 0 Å². The zero-order valence-electron chi connectivity index (χ0n) is 14.7. The summed E-state index contributed by atoms with van der Waals surface area (Å²) in [5.41, 5.74) is 0.323. The predicted octanol–water partition coefficient (Wildman–Crippen LogP) is 2.39. The fraction of sp³-hybridized carbons (Fsp3) is 0.688. The molecule has 1 heterocycles. The number of nitrogens with zero attached hydrogens (tertiary/aromatic N) is 2. The van der Waals surface area contributed by atoms with Gasteiger partial charge in [-0.2, -0.15) is 0 Å². The Morgan fingerprint density at radius 1 is 1.35 bits per heavy atom. The molecule has 0 saturated heterocycles. The lowest BCUT2D eigenvalue weighted by atomic mass is 10.1. The van der Waals surface area contributed by atoms with Crippen molar-refractivity contribution in [1.82, 2.24) is 20.2 Å². The van der Waals surface area contributed by atoms with E-state index < -0.39 is 11.7 Å². The van der Waals surface area contributed by atoms with E-state index in [-0.39, 0.29) is 11.9 Å². The number of carbonyl (C=O) groups excluding carboxylic acids is 2. The highest BCUT2D eigenvalue weighted by molar-refractivity contribution is 5.75. The Morgan fingerprint density at radius 3 is 2.61 bits per heavy atom. The Morgan fingerprint density at radius 2 is 2.04 bits per heavy atom. The van der Waals surface area contributed by atoms with Crippen molar-refractivity contribution in [3.8, 4) is 0 Å². The standard InChI is InChI=1S/C16H28N4O3/c1-6-12(19-15(22)23-16(3,4)5)13-10-17-11-20(13)9-8-14(21)18-7-2/h10-12H,6-9H2,1-5H3,(H,18,21)(H,19,22)/t12-/m1/s1. The molecule has 0 fully saturated rings. The lowest BCUT2D eigenvalue weighted by Crippen LogP contribution is -2.35. The topological polar surface area (TPSA) is 85.3 Å². The van der Waals surface area contributed by atoms with Gasteiger partial charge in [0.2, 0.25) is 5.91 Å². The molecule has 1 aromatic heterocycles. The summed E-state index contributed by atoms with van der Waals surface area (Å²) in [6, 6.07) is -0.207. The Kier molecular flexibility index (Phi) is 7.06. The fourth-order valence-electron chi connectivity index (χ4n) is 2.15. The first-order valence-electron chi connectivity index (χ1n) is 8.03. The molecule has 130 valence electrons. The number of imidazole rings is 1. The van der Waals surface area contributed by atoms with Crippen LogP contribution < -0.4 is 10.6 Å². The molecule has 7 heteroatoms. The van der Waals surface area contributed by atoms with E-state index in [1.54, 1.807) is 12.5 Å². The molecule has 2 N–H and O–H groups in total. The SMILES string of the molecule is CCNC(=O)CCn1cncc1[C@@H](CC)NC(=O)OC(C)(C)C. The number of nitrogens with one attached hydrogen (secondary N) is 2. The van der Waals surface area contributed by atoms with E-state index in [2.05, 4.69) is 15.6 Å². The van der Waals surface area contributed by atoms with Gasteiger partial charge in [-0.05, 0) is 34.1 Å². The van der Waals surface area contributed by atoms with Crippen LogP contribution in [0.2, 0.25) is 0 Å². The van der Waals surface area contributed by atoms with Gasteiger partial charge in [-0.1, -0.05) is 6.92 Å². The molecule has 0 bridgehead atoms. The summed E-state index contributed by atoms with van der Waals surface area (Å²) >= 11 is 0. The van der Waals surface area contributed by atoms with Crippen LogP contribution in [0.15, 0.2) is 12.5 Å². The minimum atomic E-state index is -0.541. The highest BCUT2D eigenvalue weighted by atomic mass is 16.6. The van der Waals surface area contributed by atoms with Crippen LogP contribution in [0.25, 0.3) is 0 Å². The normalized spacial score (nSPS) is 12.6. The Hall–Kier alpha value is -2.05. The molecule has 0 unspecified atom stereocenters. The van der Waals surface area contributed by atoms with Crippen LogP contribution in [0.3, 0.4) is 0 Å². The van der Waals surface area contributed by atoms with Gasteiger partial charge in [-0.3, -0.25) is 4.79 Å². The van der Waals surface area contributed by atoms with E-state index >= 15 is 0 Å². The molecule has 0 radical (unpaired) electrons. The molecule has 2 amide bonds. The average molecular weight is 324 g/mol.